The number of anilines is 2. The van der Waals surface area contributed by atoms with E-state index in [1.165, 1.54) is 52.9 Å². The molecule has 296 valence electrons. The van der Waals surface area contributed by atoms with Gasteiger partial charge in [0.1, 0.15) is 11.5 Å². The summed E-state index contributed by atoms with van der Waals surface area (Å²) in [6.07, 6.45) is 7.61. The fourth-order valence-electron chi connectivity index (χ4n) is 10.5. The zero-order valence-corrected chi connectivity index (χ0v) is 33.4. The van der Waals surface area contributed by atoms with Crippen molar-refractivity contribution in [3.63, 3.8) is 0 Å². The fraction of sp³-hybridized carbons (Fsp3) is 0.429. The molecule has 1 amide bonds. The van der Waals surface area contributed by atoms with Gasteiger partial charge in [0.15, 0.2) is 5.78 Å². The van der Waals surface area contributed by atoms with E-state index in [1.54, 1.807) is 12.0 Å². The van der Waals surface area contributed by atoms with E-state index in [2.05, 4.69) is 88.0 Å². The van der Waals surface area contributed by atoms with E-state index in [9.17, 15) is 14.7 Å². The third kappa shape index (κ3) is 7.69. The third-order valence-corrected chi connectivity index (χ3v) is 13.8. The Bertz CT molecular complexity index is 2110. The van der Waals surface area contributed by atoms with Crippen LogP contribution >= 0.6 is 0 Å². The molecular weight excluding hydrogens is 709 g/mol. The summed E-state index contributed by atoms with van der Waals surface area (Å²) in [6, 6.07) is 29.8. The maximum Gasteiger partial charge on any atom is 0.255 e. The maximum atomic E-state index is 13.2. The molecule has 57 heavy (non-hydrogen) atoms. The molecule has 0 aromatic heterocycles. The van der Waals surface area contributed by atoms with Gasteiger partial charge in [0.25, 0.3) is 5.91 Å². The van der Waals surface area contributed by atoms with Gasteiger partial charge in [-0.05, 0) is 146 Å². The lowest BCUT2D eigenvalue weighted by atomic mass is 9.69. The molecule has 1 unspecified atom stereocenters. The molecule has 5 aliphatic rings. The summed E-state index contributed by atoms with van der Waals surface area (Å²) in [6.45, 7) is 12.0. The summed E-state index contributed by atoms with van der Waals surface area (Å²) in [5.41, 5.74) is 10.5. The molecule has 3 aliphatic heterocycles. The molecule has 0 spiro atoms. The van der Waals surface area contributed by atoms with Gasteiger partial charge in [-0.2, -0.15) is 0 Å². The van der Waals surface area contributed by atoms with Crippen LogP contribution in [0.3, 0.4) is 0 Å². The molecule has 0 bridgehead atoms. The van der Waals surface area contributed by atoms with E-state index in [0.29, 0.717) is 31.1 Å². The number of fused-ring (bicyclic) bond motifs is 2. The normalized spacial score (nSPS) is 23.1. The van der Waals surface area contributed by atoms with E-state index in [4.69, 9.17) is 4.74 Å². The monoisotopic (exact) mass is 764 g/mol. The Labute approximate surface area is 337 Å². The number of aromatic hydroxyl groups is 1. The van der Waals surface area contributed by atoms with Gasteiger partial charge in [-0.3, -0.25) is 14.5 Å². The highest BCUT2D eigenvalue weighted by Gasteiger charge is 2.38. The van der Waals surface area contributed by atoms with Crippen molar-refractivity contribution in [2.45, 2.75) is 75.8 Å². The van der Waals surface area contributed by atoms with E-state index in [-0.39, 0.29) is 23.7 Å². The largest absolute Gasteiger partial charge is 0.508 e. The number of rotatable bonds is 9. The van der Waals surface area contributed by atoms with Crippen LogP contribution in [0.15, 0.2) is 97.1 Å². The highest BCUT2D eigenvalue weighted by atomic mass is 16.5. The lowest BCUT2D eigenvalue weighted by Crippen LogP contribution is -2.47. The molecule has 3 atom stereocenters. The van der Waals surface area contributed by atoms with Gasteiger partial charge in [0.2, 0.25) is 0 Å². The number of allylic oxidation sites excluding steroid dienone is 1. The van der Waals surface area contributed by atoms with Crippen molar-refractivity contribution >= 4 is 23.1 Å². The Balaban J connectivity index is 0.761. The Morgan fingerprint density at radius 3 is 2.19 bits per heavy atom. The van der Waals surface area contributed by atoms with Crippen molar-refractivity contribution in [3.8, 4) is 11.5 Å². The Kier molecular flexibility index (Phi) is 10.6. The quantitative estimate of drug-likeness (QED) is 0.172. The highest BCUT2D eigenvalue weighted by molar-refractivity contribution is 6.02. The lowest BCUT2D eigenvalue weighted by Gasteiger charge is -2.38. The standard InChI is InChI=1S/C49H56N4O4/c1-33-3-18-46(47(55)29-33)53-32-38-30-40(11-16-45(38)49(53)56)52-27-25-50(26-28-52)22-19-34-20-23-51(24-21-34)39-9-4-36(5-10-39)48-43(35-6-13-42(57-2)14-7-35)15-8-37-31-41(54)12-17-44(37)48/h4-7,9-14,16-17,30-31,34,43,46,48,54H,1,3,8,15,18-29,32H2,2H3/t43-,46?,48+/m0/s1. The topological polar surface area (TPSA) is 76.6 Å². The van der Waals surface area contributed by atoms with Crippen LogP contribution < -0.4 is 14.5 Å². The summed E-state index contributed by atoms with van der Waals surface area (Å²) >= 11 is 0. The summed E-state index contributed by atoms with van der Waals surface area (Å²) < 4.78 is 5.45. The van der Waals surface area contributed by atoms with Crippen LogP contribution in [0.4, 0.5) is 11.4 Å². The number of nitrogens with zero attached hydrogens (tertiary/aromatic N) is 4. The van der Waals surface area contributed by atoms with E-state index >= 15 is 0 Å². The van der Waals surface area contributed by atoms with Gasteiger partial charge in [-0.1, -0.05) is 42.5 Å². The minimum absolute atomic E-state index is 0.000340. The molecule has 3 heterocycles. The number of methoxy groups -OCH3 is 1. The number of piperidine rings is 1. The van der Waals surface area contributed by atoms with Crippen molar-refractivity contribution in [3.05, 3.63) is 130 Å². The van der Waals surface area contributed by atoms with Gasteiger partial charge in [0, 0.05) is 75.1 Å². The van der Waals surface area contributed by atoms with Gasteiger partial charge in [0.05, 0.1) is 13.2 Å². The number of hydrogen-bond acceptors (Lipinski definition) is 7. The number of aryl methyl sites for hydroxylation is 1. The van der Waals surface area contributed by atoms with Gasteiger partial charge >= 0.3 is 0 Å². The van der Waals surface area contributed by atoms with Crippen molar-refractivity contribution in [2.75, 3.05) is 62.7 Å². The number of benzene rings is 4. The molecule has 1 N–H and O–H groups in total. The molecular formula is C49H56N4O4. The van der Waals surface area contributed by atoms with E-state index in [0.717, 1.165) is 93.4 Å². The van der Waals surface area contributed by atoms with Gasteiger partial charge in [-0.15, -0.1) is 0 Å². The first-order valence-corrected chi connectivity index (χ1v) is 21.2. The predicted molar refractivity (Wildman–Crippen MR) is 227 cm³/mol. The number of hydrogen-bond donors (Lipinski definition) is 1. The molecule has 8 heteroatoms. The van der Waals surface area contributed by atoms with E-state index < -0.39 is 0 Å². The average Bonchev–Trinajstić information content (AvgIpc) is 3.57. The van der Waals surface area contributed by atoms with Crippen molar-refractivity contribution in [1.29, 1.82) is 0 Å². The molecule has 2 aliphatic carbocycles. The van der Waals surface area contributed by atoms with Gasteiger partial charge in [-0.25, -0.2) is 0 Å². The number of ketones is 1. The summed E-state index contributed by atoms with van der Waals surface area (Å²) in [7, 11) is 1.72. The first-order chi connectivity index (χ1) is 27.8. The third-order valence-electron chi connectivity index (χ3n) is 13.8. The number of piperazine rings is 1. The summed E-state index contributed by atoms with van der Waals surface area (Å²) in [5, 5.41) is 10.3. The predicted octanol–water partition coefficient (Wildman–Crippen LogP) is 8.33. The maximum absolute atomic E-state index is 13.2. The average molecular weight is 765 g/mol. The number of ether oxygens (including phenoxy) is 1. The molecule has 9 rings (SSSR count). The zero-order valence-electron chi connectivity index (χ0n) is 33.4. The molecule has 0 radical (unpaired) electrons. The van der Waals surface area contributed by atoms with Crippen LogP contribution in [-0.4, -0.2) is 85.6 Å². The molecule has 3 fully saturated rings. The molecule has 1 saturated carbocycles. The van der Waals surface area contributed by atoms with Crippen molar-refractivity contribution < 1.29 is 19.4 Å². The van der Waals surface area contributed by atoms with Crippen LogP contribution in [0.25, 0.3) is 0 Å². The summed E-state index contributed by atoms with van der Waals surface area (Å²) in [5.74, 6) is 2.70. The second kappa shape index (κ2) is 16.0. The number of carbonyl (C=O) groups is 2. The van der Waals surface area contributed by atoms with Crippen LogP contribution in [0.5, 0.6) is 11.5 Å². The number of phenols is 1. The first kappa shape index (κ1) is 37.5. The number of carbonyl (C=O) groups excluding carboxylic acids is 2. The number of amides is 1. The molecule has 4 aromatic rings. The van der Waals surface area contributed by atoms with Gasteiger partial charge < -0.3 is 24.5 Å². The second-order valence-electron chi connectivity index (χ2n) is 17.1. The minimum Gasteiger partial charge on any atom is -0.508 e. The number of Topliss-reactive ketones (excluding diaryl/α,β-unsaturated/α-hetero) is 1. The number of phenolic OH excluding ortho intramolecular Hbond substituents is 1. The Morgan fingerprint density at radius 1 is 0.737 bits per heavy atom. The Hall–Kier alpha value is -5.08. The molecule has 2 saturated heterocycles. The lowest BCUT2D eigenvalue weighted by molar-refractivity contribution is -0.124. The minimum atomic E-state index is -0.315. The molecule has 4 aromatic carbocycles. The van der Waals surface area contributed by atoms with E-state index in [1.807, 2.05) is 18.2 Å². The smallest absolute Gasteiger partial charge is 0.255 e. The SMILES string of the molecule is C=C1CCC(N2Cc3cc(N4CCN(CCC5CCN(c6ccc([C@H]7c8ccc(O)cc8CC[C@H]7c7ccc(OC)cc7)cc6)CC5)CC4)ccc3C2=O)C(=O)C1. The van der Waals surface area contributed by atoms with Crippen LogP contribution in [0.1, 0.15) is 95.0 Å². The van der Waals surface area contributed by atoms with Crippen LogP contribution in [0.2, 0.25) is 0 Å². The van der Waals surface area contributed by atoms with Crippen LogP contribution in [0, 0.1) is 5.92 Å². The fourth-order valence-corrected chi connectivity index (χ4v) is 10.5. The Morgan fingerprint density at radius 2 is 1.46 bits per heavy atom. The first-order valence-electron chi connectivity index (χ1n) is 21.2. The highest BCUT2D eigenvalue weighted by Crippen LogP contribution is 2.47. The van der Waals surface area contributed by atoms with Crippen molar-refractivity contribution in [2.24, 2.45) is 5.92 Å². The van der Waals surface area contributed by atoms with Crippen LogP contribution in [-0.2, 0) is 17.8 Å². The molecule has 8 nitrogen and oxygen atoms in total. The van der Waals surface area contributed by atoms with Crippen molar-refractivity contribution in [1.82, 2.24) is 9.80 Å². The zero-order chi connectivity index (χ0) is 39.0. The second-order valence-corrected chi connectivity index (χ2v) is 17.1. The summed E-state index contributed by atoms with van der Waals surface area (Å²) in [4.78, 5) is 35.4.